The van der Waals surface area contributed by atoms with Gasteiger partial charge in [0.1, 0.15) is 12.2 Å². The zero-order valence-electron chi connectivity index (χ0n) is 14.8. The molecule has 0 aliphatic rings. The van der Waals surface area contributed by atoms with Crippen molar-refractivity contribution in [3.8, 4) is 0 Å². The van der Waals surface area contributed by atoms with E-state index in [2.05, 4.69) is 5.32 Å². The molecule has 1 rings (SSSR count). The van der Waals surface area contributed by atoms with E-state index in [1.54, 1.807) is 0 Å². The fourth-order valence-corrected chi connectivity index (χ4v) is 2.01. The molecule has 1 aromatic rings. The number of rotatable bonds is 8. The second-order valence-electron chi connectivity index (χ2n) is 6.48. The predicted octanol–water partition coefficient (Wildman–Crippen LogP) is 3.05. The second-order valence-corrected chi connectivity index (χ2v) is 6.48. The lowest BCUT2D eigenvalue weighted by Gasteiger charge is -2.21. The van der Waals surface area contributed by atoms with Crippen molar-refractivity contribution in [2.45, 2.75) is 51.9 Å². The van der Waals surface area contributed by atoms with Crippen molar-refractivity contribution in [1.29, 1.82) is 0 Å². The summed E-state index contributed by atoms with van der Waals surface area (Å²) >= 11 is 0. The third-order valence-electron chi connectivity index (χ3n) is 3.02. The molecule has 0 saturated carbocycles. The summed E-state index contributed by atoms with van der Waals surface area (Å²) in [4.78, 5) is 23.6. The summed E-state index contributed by atoms with van der Waals surface area (Å²) in [6, 6.07) is 9.10. The molecule has 6 heteroatoms. The molecule has 0 saturated heterocycles. The van der Waals surface area contributed by atoms with Crippen LogP contribution in [0.4, 0.5) is 4.79 Å². The van der Waals surface area contributed by atoms with E-state index in [1.165, 1.54) is 7.11 Å². The lowest BCUT2D eigenvalue weighted by molar-refractivity contribution is -0.155. The van der Waals surface area contributed by atoms with Gasteiger partial charge >= 0.3 is 12.1 Å². The van der Waals surface area contributed by atoms with Crippen molar-refractivity contribution in [3.05, 3.63) is 35.9 Å². The molecule has 1 atom stereocenters. The molecule has 0 radical (unpaired) electrons. The highest BCUT2D eigenvalue weighted by molar-refractivity contribution is 5.70. The highest BCUT2D eigenvalue weighted by Gasteiger charge is 2.19. The molecule has 0 aromatic heterocycles. The van der Waals surface area contributed by atoms with Crippen molar-refractivity contribution >= 4 is 12.1 Å². The topological polar surface area (TPSA) is 73.9 Å². The molecule has 0 heterocycles. The normalized spacial score (nSPS) is 12.3. The molecule has 1 aromatic carbocycles. The summed E-state index contributed by atoms with van der Waals surface area (Å²) in [7, 11) is 1.54. The van der Waals surface area contributed by atoms with Crippen LogP contribution in [0.3, 0.4) is 0 Å². The van der Waals surface area contributed by atoms with Gasteiger partial charge in [-0.1, -0.05) is 30.3 Å². The van der Waals surface area contributed by atoms with E-state index in [0.717, 1.165) is 5.56 Å². The standard InChI is InChI=1S/C18H27NO5/c1-18(2,3)24-16(20)11-10-15(13-22-4)19-17(21)23-12-14-8-6-5-7-9-14/h5-9,15H,10-13H2,1-4H3,(H,19,21)/t15-/m0/s1. The molecule has 24 heavy (non-hydrogen) atoms. The van der Waals surface area contributed by atoms with E-state index in [1.807, 2.05) is 51.1 Å². The van der Waals surface area contributed by atoms with Crippen LogP contribution in [0, 0.1) is 0 Å². The van der Waals surface area contributed by atoms with E-state index in [4.69, 9.17) is 14.2 Å². The zero-order valence-corrected chi connectivity index (χ0v) is 14.8. The summed E-state index contributed by atoms with van der Waals surface area (Å²) in [5.74, 6) is -0.303. The molecule has 6 nitrogen and oxygen atoms in total. The quantitative estimate of drug-likeness (QED) is 0.738. The van der Waals surface area contributed by atoms with Crippen LogP contribution >= 0.6 is 0 Å². The highest BCUT2D eigenvalue weighted by Crippen LogP contribution is 2.10. The molecule has 134 valence electrons. The van der Waals surface area contributed by atoms with Gasteiger partial charge in [-0.15, -0.1) is 0 Å². The molecule has 1 amide bonds. The molecule has 0 aliphatic heterocycles. The van der Waals surface area contributed by atoms with Gasteiger partial charge in [0.25, 0.3) is 0 Å². The van der Waals surface area contributed by atoms with E-state index in [9.17, 15) is 9.59 Å². The molecule has 0 unspecified atom stereocenters. The van der Waals surface area contributed by atoms with Gasteiger partial charge in [0, 0.05) is 13.5 Å². The number of alkyl carbamates (subject to hydrolysis) is 1. The number of ether oxygens (including phenoxy) is 3. The number of esters is 1. The number of hydrogen-bond donors (Lipinski definition) is 1. The van der Waals surface area contributed by atoms with Crippen molar-refractivity contribution in [1.82, 2.24) is 5.32 Å². The van der Waals surface area contributed by atoms with Crippen LogP contribution in [-0.4, -0.2) is 37.4 Å². The lowest BCUT2D eigenvalue weighted by atomic mass is 10.1. The minimum Gasteiger partial charge on any atom is -0.460 e. The first-order valence-corrected chi connectivity index (χ1v) is 7.98. The Balaban J connectivity index is 2.38. The minimum absolute atomic E-state index is 0.193. The van der Waals surface area contributed by atoms with Gasteiger partial charge in [0.15, 0.2) is 0 Å². The molecule has 0 bridgehead atoms. The Kier molecular flexibility index (Phi) is 8.26. The largest absolute Gasteiger partial charge is 0.460 e. The van der Waals surface area contributed by atoms with Gasteiger partial charge in [-0.05, 0) is 32.8 Å². The van der Waals surface area contributed by atoms with Crippen LogP contribution in [0.5, 0.6) is 0 Å². The minimum atomic E-state index is -0.537. The summed E-state index contributed by atoms with van der Waals surface area (Å²) in [5.41, 5.74) is 0.389. The number of benzene rings is 1. The monoisotopic (exact) mass is 337 g/mol. The average molecular weight is 337 g/mol. The van der Waals surface area contributed by atoms with E-state index >= 15 is 0 Å². The number of nitrogens with one attached hydrogen (secondary N) is 1. The fourth-order valence-electron chi connectivity index (χ4n) is 2.01. The Labute approximate surface area is 143 Å². The molecular weight excluding hydrogens is 310 g/mol. The number of methoxy groups -OCH3 is 1. The SMILES string of the molecule is COC[C@H](CCC(=O)OC(C)(C)C)NC(=O)OCc1ccccc1. The van der Waals surface area contributed by atoms with Crippen LogP contribution < -0.4 is 5.32 Å². The van der Waals surface area contributed by atoms with Gasteiger partial charge in [-0.3, -0.25) is 4.79 Å². The Morgan fingerprint density at radius 3 is 2.42 bits per heavy atom. The average Bonchev–Trinajstić information content (AvgIpc) is 2.50. The van der Waals surface area contributed by atoms with Crippen LogP contribution in [0.25, 0.3) is 0 Å². The zero-order chi connectivity index (χ0) is 18.0. The van der Waals surface area contributed by atoms with Crippen molar-refractivity contribution in [3.63, 3.8) is 0 Å². The van der Waals surface area contributed by atoms with E-state index in [0.29, 0.717) is 13.0 Å². The van der Waals surface area contributed by atoms with E-state index in [-0.39, 0.29) is 25.0 Å². The second kappa shape index (κ2) is 9.93. The smallest absolute Gasteiger partial charge is 0.407 e. The first-order chi connectivity index (χ1) is 11.3. The lowest BCUT2D eigenvalue weighted by Crippen LogP contribution is -2.39. The number of amides is 1. The van der Waals surface area contributed by atoms with Crippen molar-refractivity contribution < 1.29 is 23.8 Å². The molecule has 1 N–H and O–H groups in total. The molecular formula is C18H27NO5. The Morgan fingerprint density at radius 1 is 1.17 bits per heavy atom. The van der Waals surface area contributed by atoms with Gasteiger partial charge in [-0.2, -0.15) is 0 Å². The summed E-state index contributed by atoms with van der Waals surface area (Å²) in [6.45, 7) is 5.94. The van der Waals surface area contributed by atoms with Crippen LogP contribution in [0.1, 0.15) is 39.2 Å². The third kappa shape index (κ3) is 9.15. The van der Waals surface area contributed by atoms with Gasteiger partial charge in [0.05, 0.1) is 12.6 Å². The first kappa shape index (κ1) is 20.0. The third-order valence-corrected chi connectivity index (χ3v) is 3.02. The number of hydrogen-bond acceptors (Lipinski definition) is 5. The van der Waals surface area contributed by atoms with Gasteiger partial charge < -0.3 is 19.5 Å². The number of carbonyl (C=O) groups excluding carboxylic acids is 2. The summed E-state index contributed by atoms with van der Waals surface area (Å²) in [6.07, 6.45) is 0.0816. The maximum absolute atomic E-state index is 11.9. The molecule has 0 fully saturated rings. The summed E-state index contributed by atoms with van der Waals surface area (Å²) < 4.78 is 15.5. The van der Waals surface area contributed by atoms with Crippen molar-refractivity contribution in [2.24, 2.45) is 0 Å². The first-order valence-electron chi connectivity index (χ1n) is 7.98. The van der Waals surface area contributed by atoms with Crippen LogP contribution in [-0.2, 0) is 25.6 Å². The Hall–Kier alpha value is -2.08. The maximum atomic E-state index is 11.9. The van der Waals surface area contributed by atoms with Crippen molar-refractivity contribution in [2.75, 3.05) is 13.7 Å². The molecule has 0 aliphatic carbocycles. The Morgan fingerprint density at radius 2 is 1.83 bits per heavy atom. The predicted molar refractivity (Wildman–Crippen MR) is 90.5 cm³/mol. The van der Waals surface area contributed by atoms with Crippen LogP contribution in [0.15, 0.2) is 30.3 Å². The summed E-state index contributed by atoms with van der Waals surface area (Å²) in [5, 5.41) is 2.71. The van der Waals surface area contributed by atoms with E-state index < -0.39 is 11.7 Å². The van der Waals surface area contributed by atoms with Gasteiger partial charge in [0.2, 0.25) is 0 Å². The fraction of sp³-hybridized carbons (Fsp3) is 0.556. The number of carbonyl (C=O) groups is 2. The maximum Gasteiger partial charge on any atom is 0.407 e. The van der Waals surface area contributed by atoms with Crippen LogP contribution in [0.2, 0.25) is 0 Å². The molecule has 0 spiro atoms. The van der Waals surface area contributed by atoms with Gasteiger partial charge in [-0.25, -0.2) is 4.79 Å². The highest BCUT2D eigenvalue weighted by atomic mass is 16.6. The Bertz CT molecular complexity index is 510.